The molecule has 0 aliphatic heterocycles. The first-order valence-corrected chi connectivity index (χ1v) is 8.50. The van der Waals surface area contributed by atoms with Crippen LogP contribution >= 0.6 is 0 Å². The molecule has 0 bridgehead atoms. The quantitative estimate of drug-likeness (QED) is 0.622. The first-order valence-electron chi connectivity index (χ1n) is 8.50. The van der Waals surface area contributed by atoms with Gasteiger partial charge in [0.2, 0.25) is 0 Å². The molecule has 138 valence electrons. The Balaban J connectivity index is 1.98. The monoisotopic (exact) mass is 364 g/mol. The fourth-order valence-electron chi connectivity index (χ4n) is 2.94. The molecule has 1 unspecified atom stereocenters. The molecule has 0 saturated heterocycles. The summed E-state index contributed by atoms with van der Waals surface area (Å²) in [5.41, 5.74) is 1.11. The number of methoxy groups -OCH3 is 2. The predicted molar refractivity (Wildman–Crippen MR) is 102 cm³/mol. The minimum absolute atomic E-state index is 0.0551. The highest BCUT2D eigenvalue weighted by Crippen LogP contribution is 2.30. The van der Waals surface area contributed by atoms with E-state index in [2.05, 4.69) is 0 Å². The van der Waals surface area contributed by atoms with Gasteiger partial charge in [-0.15, -0.1) is 0 Å². The van der Waals surface area contributed by atoms with Crippen molar-refractivity contribution >= 4 is 22.7 Å². The molecule has 0 radical (unpaired) electrons. The van der Waals surface area contributed by atoms with Crippen molar-refractivity contribution in [3.63, 3.8) is 0 Å². The highest BCUT2D eigenvalue weighted by Gasteiger charge is 2.24. The average molecular weight is 364 g/mol. The zero-order chi connectivity index (χ0) is 19.4. The number of hydrogen-bond acceptors (Lipinski definition) is 5. The van der Waals surface area contributed by atoms with Gasteiger partial charge in [-0.2, -0.15) is 0 Å². The minimum atomic E-state index is -0.656. The van der Waals surface area contributed by atoms with Crippen molar-refractivity contribution in [3.05, 3.63) is 77.4 Å². The number of esters is 2. The van der Waals surface area contributed by atoms with Crippen LogP contribution in [-0.4, -0.2) is 26.2 Å². The van der Waals surface area contributed by atoms with E-state index in [1.165, 1.54) is 20.3 Å². The second-order valence-electron chi connectivity index (χ2n) is 6.03. The third-order valence-electron chi connectivity index (χ3n) is 4.37. The van der Waals surface area contributed by atoms with E-state index in [0.29, 0.717) is 0 Å². The molecule has 0 amide bonds. The average Bonchev–Trinajstić information content (AvgIpc) is 2.72. The topological polar surface area (TPSA) is 61.8 Å². The van der Waals surface area contributed by atoms with Crippen LogP contribution in [0.4, 0.5) is 0 Å². The van der Waals surface area contributed by atoms with Gasteiger partial charge in [-0.3, -0.25) is 0 Å². The maximum absolute atomic E-state index is 12.3. The van der Waals surface area contributed by atoms with Crippen LogP contribution < -0.4 is 4.74 Å². The zero-order valence-corrected chi connectivity index (χ0v) is 15.4. The second kappa shape index (κ2) is 7.91. The normalized spacial score (nSPS) is 11.7. The van der Waals surface area contributed by atoms with Gasteiger partial charge in [-0.05, 0) is 41.5 Å². The Kier molecular flexibility index (Phi) is 5.41. The Bertz CT molecular complexity index is 993. The summed E-state index contributed by atoms with van der Waals surface area (Å²) in [5.74, 6) is -1.01. The lowest BCUT2D eigenvalue weighted by atomic mass is 10.0. The Morgan fingerprint density at radius 2 is 1.52 bits per heavy atom. The van der Waals surface area contributed by atoms with Crippen LogP contribution in [0, 0.1) is 0 Å². The summed E-state index contributed by atoms with van der Waals surface area (Å²) in [5, 5.41) is 2.23. The van der Waals surface area contributed by atoms with E-state index < -0.39 is 11.9 Å². The predicted octanol–water partition coefficient (Wildman–Crippen LogP) is 4.55. The van der Waals surface area contributed by atoms with Crippen LogP contribution in [-0.2, 0) is 9.47 Å². The fraction of sp³-hybridized carbons (Fsp3) is 0.182. The molecule has 3 rings (SSSR count). The van der Waals surface area contributed by atoms with Crippen LogP contribution in [0.3, 0.4) is 0 Å². The van der Waals surface area contributed by atoms with Gasteiger partial charge in [0.15, 0.2) is 0 Å². The number of carbonyl (C=O) groups excluding carboxylic acids is 2. The van der Waals surface area contributed by atoms with Crippen molar-refractivity contribution in [2.24, 2.45) is 0 Å². The Hall–Kier alpha value is -3.34. The smallest absolute Gasteiger partial charge is 0.342 e. The summed E-state index contributed by atoms with van der Waals surface area (Å²) in [6.45, 7) is 1.88. The first-order chi connectivity index (χ1) is 13.0. The van der Waals surface area contributed by atoms with Crippen LogP contribution in [0.25, 0.3) is 10.8 Å². The maximum Gasteiger partial charge on any atom is 0.342 e. The van der Waals surface area contributed by atoms with Gasteiger partial charge in [-0.1, -0.05) is 42.5 Å². The molecule has 0 fully saturated rings. The first kappa shape index (κ1) is 18.5. The lowest BCUT2D eigenvalue weighted by molar-refractivity contribution is 0.0549. The number of fused-ring (bicyclic) bond motifs is 1. The van der Waals surface area contributed by atoms with Crippen molar-refractivity contribution in [2.45, 2.75) is 13.0 Å². The molecule has 5 nitrogen and oxygen atoms in total. The summed E-state index contributed by atoms with van der Waals surface area (Å²) in [7, 11) is 2.52. The summed E-state index contributed by atoms with van der Waals surface area (Å²) in [6, 6.07) is 18.9. The summed E-state index contributed by atoms with van der Waals surface area (Å²) in [4.78, 5) is 24.3. The molecule has 3 aromatic carbocycles. The van der Waals surface area contributed by atoms with Gasteiger partial charge < -0.3 is 14.2 Å². The molecule has 0 aliphatic carbocycles. The van der Waals surface area contributed by atoms with E-state index in [-0.39, 0.29) is 23.0 Å². The van der Waals surface area contributed by atoms with Gasteiger partial charge in [-0.25, -0.2) is 9.59 Å². The molecule has 27 heavy (non-hydrogen) atoms. The molecule has 3 aromatic rings. The van der Waals surface area contributed by atoms with E-state index in [9.17, 15) is 9.59 Å². The molecule has 0 spiro atoms. The lowest BCUT2D eigenvalue weighted by Crippen LogP contribution is -2.15. The van der Waals surface area contributed by atoms with Gasteiger partial charge in [0.25, 0.3) is 0 Å². The molecular formula is C22H20O5. The molecule has 0 N–H and O–H groups in total. The third-order valence-corrected chi connectivity index (χ3v) is 4.37. The van der Waals surface area contributed by atoms with E-state index in [4.69, 9.17) is 14.2 Å². The Morgan fingerprint density at radius 1 is 0.815 bits per heavy atom. The van der Waals surface area contributed by atoms with Gasteiger partial charge in [0.1, 0.15) is 17.4 Å². The number of benzene rings is 3. The lowest BCUT2D eigenvalue weighted by Gasteiger charge is -2.19. The molecular weight excluding hydrogens is 344 g/mol. The highest BCUT2D eigenvalue weighted by molar-refractivity contribution is 6.05. The molecule has 1 atom stereocenters. The molecule has 0 heterocycles. The fourth-order valence-corrected chi connectivity index (χ4v) is 2.94. The van der Waals surface area contributed by atoms with Crippen LogP contribution in [0.15, 0.2) is 60.7 Å². The Morgan fingerprint density at radius 3 is 2.22 bits per heavy atom. The van der Waals surface area contributed by atoms with Crippen LogP contribution in [0.2, 0.25) is 0 Å². The minimum Gasteiger partial charge on any atom is -0.485 e. The maximum atomic E-state index is 12.3. The summed E-state index contributed by atoms with van der Waals surface area (Å²) >= 11 is 0. The number of hydrogen-bond donors (Lipinski definition) is 0. The van der Waals surface area contributed by atoms with Crippen LogP contribution in [0.1, 0.15) is 39.3 Å². The van der Waals surface area contributed by atoms with Crippen molar-refractivity contribution in [1.29, 1.82) is 0 Å². The largest absolute Gasteiger partial charge is 0.485 e. The van der Waals surface area contributed by atoms with E-state index in [1.807, 2.05) is 49.4 Å². The van der Waals surface area contributed by atoms with E-state index in [0.717, 1.165) is 16.3 Å². The Labute approximate surface area is 157 Å². The van der Waals surface area contributed by atoms with Crippen molar-refractivity contribution in [2.75, 3.05) is 14.2 Å². The van der Waals surface area contributed by atoms with Crippen molar-refractivity contribution < 1.29 is 23.8 Å². The van der Waals surface area contributed by atoms with E-state index >= 15 is 0 Å². The SMILES string of the molecule is COC(=O)c1cccc(OC(C)c2ccc3ccccc3c2)c1C(=O)OC. The van der Waals surface area contributed by atoms with Gasteiger partial charge in [0.05, 0.1) is 19.8 Å². The number of ether oxygens (including phenoxy) is 3. The number of carbonyl (C=O) groups is 2. The third kappa shape index (κ3) is 3.77. The van der Waals surface area contributed by atoms with Gasteiger partial charge >= 0.3 is 11.9 Å². The summed E-state index contributed by atoms with van der Waals surface area (Å²) < 4.78 is 15.6. The number of rotatable bonds is 5. The standard InChI is InChI=1S/C22H20O5/c1-14(16-12-11-15-7-4-5-8-17(15)13-16)27-19-10-6-9-18(21(23)25-2)20(19)22(24)26-3/h4-14H,1-3H3. The van der Waals surface area contributed by atoms with Crippen molar-refractivity contribution in [1.82, 2.24) is 0 Å². The van der Waals surface area contributed by atoms with Crippen molar-refractivity contribution in [3.8, 4) is 5.75 Å². The second-order valence-corrected chi connectivity index (χ2v) is 6.03. The van der Waals surface area contributed by atoms with Crippen LogP contribution in [0.5, 0.6) is 5.75 Å². The molecule has 0 saturated carbocycles. The van der Waals surface area contributed by atoms with E-state index in [1.54, 1.807) is 12.1 Å². The molecule has 0 aliphatic rings. The highest BCUT2D eigenvalue weighted by atomic mass is 16.5. The van der Waals surface area contributed by atoms with Gasteiger partial charge in [0, 0.05) is 0 Å². The molecule has 5 heteroatoms. The summed E-state index contributed by atoms with van der Waals surface area (Å²) in [6.07, 6.45) is -0.342. The molecule has 0 aromatic heterocycles. The zero-order valence-electron chi connectivity index (χ0n) is 15.4.